The highest BCUT2D eigenvalue weighted by molar-refractivity contribution is 14.0. The van der Waals surface area contributed by atoms with E-state index in [1.54, 1.807) is 7.11 Å². The first kappa shape index (κ1) is 24.0. The Morgan fingerprint density at radius 2 is 2.04 bits per heavy atom. The van der Waals surface area contributed by atoms with Gasteiger partial charge in [-0.1, -0.05) is 26.0 Å². The van der Waals surface area contributed by atoms with E-state index in [1.165, 1.54) is 38.0 Å². The first-order valence-corrected chi connectivity index (χ1v) is 9.97. The van der Waals surface area contributed by atoms with Gasteiger partial charge in [-0.25, -0.2) is 0 Å². The Balaban J connectivity index is 0.00000364. The van der Waals surface area contributed by atoms with Crippen LogP contribution in [0.25, 0.3) is 0 Å². The van der Waals surface area contributed by atoms with Gasteiger partial charge in [0.25, 0.3) is 0 Å². The summed E-state index contributed by atoms with van der Waals surface area (Å²) in [4.78, 5) is 6.93. The van der Waals surface area contributed by atoms with Gasteiger partial charge in [-0.2, -0.15) is 0 Å². The van der Waals surface area contributed by atoms with E-state index in [1.807, 2.05) is 19.2 Å². The average Bonchev–Trinajstić information content (AvgIpc) is 3.12. The van der Waals surface area contributed by atoms with Gasteiger partial charge in [0.15, 0.2) is 5.96 Å². The first-order valence-electron chi connectivity index (χ1n) is 9.97. The summed E-state index contributed by atoms with van der Waals surface area (Å²) < 4.78 is 5.23. The summed E-state index contributed by atoms with van der Waals surface area (Å²) in [6.45, 7) is 10.1. The van der Waals surface area contributed by atoms with E-state index in [-0.39, 0.29) is 24.0 Å². The standard InChI is InChI=1S/C21H36N4O.HI/c1-5-13-25-14-11-18(16-25)15-24-21(22-3)23-12-10-17(2)19-6-8-20(26-4)9-7-19;/h6-9,17-18H,5,10-16H2,1-4H3,(H2,22,23,24);1H. The van der Waals surface area contributed by atoms with Crippen molar-refractivity contribution >= 4 is 29.9 Å². The zero-order valence-corrected chi connectivity index (χ0v) is 19.7. The maximum absolute atomic E-state index is 5.23. The van der Waals surface area contributed by atoms with Crippen molar-refractivity contribution in [3.63, 3.8) is 0 Å². The fraction of sp³-hybridized carbons (Fsp3) is 0.667. The van der Waals surface area contributed by atoms with Crippen LogP contribution in [0.2, 0.25) is 0 Å². The summed E-state index contributed by atoms with van der Waals surface area (Å²) in [6, 6.07) is 8.36. The first-order chi connectivity index (χ1) is 12.7. The van der Waals surface area contributed by atoms with Gasteiger partial charge >= 0.3 is 0 Å². The summed E-state index contributed by atoms with van der Waals surface area (Å²) in [5.41, 5.74) is 1.34. The van der Waals surface area contributed by atoms with Crippen LogP contribution in [0.1, 0.15) is 44.6 Å². The summed E-state index contributed by atoms with van der Waals surface area (Å²) >= 11 is 0. The summed E-state index contributed by atoms with van der Waals surface area (Å²) in [6.07, 6.45) is 3.61. The molecule has 1 aromatic carbocycles. The molecule has 1 aromatic rings. The minimum absolute atomic E-state index is 0. The number of hydrogen-bond acceptors (Lipinski definition) is 3. The molecule has 5 nitrogen and oxygen atoms in total. The molecule has 2 atom stereocenters. The van der Waals surface area contributed by atoms with Gasteiger partial charge in [-0.15, -0.1) is 24.0 Å². The molecule has 2 rings (SSSR count). The third kappa shape index (κ3) is 8.25. The second kappa shape index (κ2) is 13.2. The number of aliphatic imine (C=N–C) groups is 1. The molecule has 1 fully saturated rings. The average molecular weight is 488 g/mol. The van der Waals surface area contributed by atoms with E-state index in [2.05, 4.69) is 46.5 Å². The molecule has 0 radical (unpaired) electrons. The van der Waals surface area contributed by atoms with E-state index in [0.717, 1.165) is 37.1 Å². The molecule has 0 saturated carbocycles. The topological polar surface area (TPSA) is 48.9 Å². The van der Waals surface area contributed by atoms with Gasteiger partial charge in [0, 0.05) is 26.7 Å². The molecule has 0 bridgehead atoms. The molecule has 0 spiro atoms. The largest absolute Gasteiger partial charge is 0.497 e. The van der Waals surface area contributed by atoms with Crippen LogP contribution in [0.5, 0.6) is 5.75 Å². The monoisotopic (exact) mass is 488 g/mol. The molecule has 0 amide bonds. The predicted octanol–water partition coefficient (Wildman–Crippen LogP) is 3.70. The molecule has 1 aliphatic rings. The Hall–Kier alpha value is -1.02. The number of benzene rings is 1. The highest BCUT2D eigenvalue weighted by Gasteiger charge is 2.21. The van der Waals surface area contributed by atoms with Gasteiger partial charge in [0.05, 0.1) is 7.11 Å². The number of nitrogens with zero attached hydrogens (tertiary/aromatic N) is 2. The molecule has 27 heavy (non-hydrogen) atoms. The van der Waals surface area contributed by atoms with Crippen LogP contribution in [-0.4, -0.2) is 57.7 Å². The zero-order chi connectivity index (χ0) is 18.8. The highest BCUT2D eigenvalue weighted by atomic mass is 127. The molecule has 0 aliphatic carbocycles. The lowest BCUT2D eigenvalue weighted by Crippen LogP contribution is -2.40. The minimum atomic E-state index is 0. The van der Waals surface area contributed by atoms with Gasteiger partial charge in [-0.3, -0.25) is 4.99 Å². The lowest BCUT2D eigenvalue weighted by Gasteiger charge is -2.18. The quantitative estimate of drug-likeness (QED) is 0.316. The van der Waals surface area contributed by atoms with Gasteiger partial charge in [-0.05, 0) is 61.9 Å². The normalized spacial score (nSPS) is 18.7. The molecule has 1 heterocycles. The van der Waals surface area contributed by atoms with Crippen LogP contribution in [0.3, 0.4) is 0 Å². The van der Waals surface area contributed by atoms with E-state index >= 15 is 0 Å². The number of methoxy groups -OCH3 is 1. The summed E-state index contributed by atoms with van der Waals surface area (Å²) in [5, 5.41) is 6.95. The number of likely N-dealkylation sites (tertiary alicyclic amines) is 1. The van der Waals surface area contributed by atoms with Crippen LogP contribution in [0.15, 0.2) is 29.3 Å². The molecule has 1 saturated heterocycles. The van der Waals surface area contributed by atoms with Crippen LogP contribution in [0, 0.1) is 5.92 Å². The Morgan fingerprint density at radius 1 is 1.30 bits per heavy atom. The predicted molar refractivity (Wildman–Crippen MR) is 126 cm³/mol. The Morgan fingerprint density at radius 3 is 2.67 bits per heavy atom. The number of hydrogen-bond donors (Lipinski definition) is 2. The van der Waals surface area contributed by atoms with Crippen molar-refractivity contribution in [2.24, 2.45) is 10.9 Å². The van der Waals surface area contributed by atoms with E-state index in [0.29, 0.717) is 5.92 Å². The maximum Gasteiger partial charge on any atom is 0.190 e. The summed E-state index contributed by atoms with van der Waals surface area (Å²) in [7, 11) is 3.55. The molecule has 2 N–H and O–H groups in total. The number of ether oxygens (including phenoxy) is 1. The maximum atomic E-state index is 5.23. The van der Waals surface area contributed by atoms with Crippen LogP contribution in [-0.2, 0) is 0 Å². The molecule has 2 unspecified atom stereocenters. The van der Waals surface area contributed by atoms with Crippen LogP contribution >= 0.6 is 24.0 Å². The van der Waals surface area contributed by atoms with Crippen molar-refractivity contribution in [1.82, 2.24) is 15.5 Å². The fourth-order valence-electron chi connectivity index (χ4n) is 3.57. The van der Waals surface area contributed by atoms with Crippen molar-refractivity contribution < 1.29 is 4.74 Å². The van der Waals surface area contributed by atoms with E-state index < -0.39 is 0 Å². The number of guanidine groups is 1. The molecule has 6 heteroatoms. The van der Waals surface area contributed by atoms with E-state index in [4.69, 9.17) is 4.74 Å². The Labute approximate surface area is 182 Å². The van der Waals surface area contributed by atoms with Gasteiger partial charge < -0.3 is 20.3 Å². The van der Waals surface area contributed by atoms with Gasteiger partial charge in [0.1, 0.15) is 5.75 Å². The number of rotatable bonds is 9. The third-order valence-electron chi connectivity index (χ3n) is 5.25. The van der Waals surface area contributed by atoms with Crippen molar-refractivity contribution in [2.45, 2.75) is 39.0 Å². The van der Waals surface area contributed by atoms with Gasteiger partial charge in [0.2, 0.25) is 0 Å². The number of halogens is 1. The lowest BCUT2D eigenvalue weighted by atomic mass is 9.98. The lowest BCUT2D eigenvalue weighted by molar-refractivity contribution is 0.324. The van der Waals surface area contributed by atoms with Crippen LogP contribution in [0.4, 0.5) is 0 Å². The molecular formula is C21H37IN4O. The van der Waals surface area contributed by atoms with Crippen molar-refractivity contribution in [2.75, 3.05) is 46.9 Å². The SMILES string of the molecule is CCCN1CCC(CNC(=NC)NCCC(C)c2ccc(OC)cc2)C1.I. The second-order valence-electron chi connectivity index (χ2n) is 7.30. The Kier molecular flexibility index (Phi) is 11.7. The Bertz CT molecular complexity index is 550. The van der Waals surface area contributed by atoms with E-state index in [9.17, 15) is 0 Å². The number of nitrogens with one attached hydrogen (secondary N) is 2. The second-order valence-corrected chi connectivity index (χ2v) is 7.30. The molecule has 0 aromatic heterocycles. The molecule has 1 aliphatic heterocycles. The highest BCUT2D eigenvalue weighted by Crippen LogP contribution is 2.21. The smallest absolute Gasteiger partial charge is 0.190 e. The fourth-order valence-corrected chi connectivity index (χ4v) is 3.57. The van der Waals surface area contributed by atoms with Crippen molar-refractivity contribution in [1.29, 1.82) is 0 Å². The van der Waals surface area contributed by atoms with Crippen molar-refractivity contribution in [3.05, 3.63) is 29.8 Å². The molecular weight excluding hydrogens is 451 g/mol. The molecule has 154 valence electrons. The van der Waals surface area contributed by atoms with Crippen molar-refractivity contribution in [3.8, 4) is 5.75 Å². The summed E-state index contributed by atoms with van der Waals surface area (Å²) in [5.74, 6) is 3.07. The minimum Gasteiger partial charge on any atom is -0.497 e. The zero-order valence-electron chi connectivity index (χ0n) is 17.3. The third-order valence-corrected chi connectivity index (χ3v) is 5.25. The van der Waals surface area contributed by atoms with Crippen LogP contribution < -0.4 is 15.4 Å².